The Morgan fingerprint density at radius 3 is 2.69 bits per heavy atom. The van der Waals surface area contributed by atoms with E-state index in [0.717, 1.165) is 37.2 Å². The summed E-state index contributed by atoms with van der Waals surface area (Å²) in [6.45, 7) is 1.47. The number of ether oxygens (including phenoxy) is 1. The van der Waals surface area contributed by atoms with Crippen LogP contribution in [-0.2, 0) is 0 Å². The lowest BCUT2D eigenvalue weighted by molar-refractivity contribution is 0.0973. The predicted molar refractivity (Wildman–Crippen MR) is 97.3 cm³/mol. The highest BCUT2D eigenvalue weighted by Crippen LogP contribution is 2.39. The first-order valence-corrected chi connectivity index (χ1v) is 8.68. The van der Waals surface area contributed by atoms with Gasteiger partial charge in [0, 0.05) is 19.1 Å². The normalized spacial score (nSPS) is 18.9. The fourth-order valence-electron chi connectivity index (χ4n) is 3.90. The Bertz CT molecular complexity index is 964. The maximum atomic E-state index is 13.2. The SMILES string of the molecule is COc1c(C(=O)N2CC3CCCCN3c3ccccc32)[nH]c(=O)[nH]c1=O. The lowest BCUT2D eigenvalue weighted by Crippen LogP contribution is -2.53. The van der Waals surface area contributed by atoms with Crippen LogP contribution in [0.15, 0.2) is 33.9 Å². The number of nitrogens with zero attached hydrogens (tertiary/aromatic N) is 2. The van der Waals surface area contributed by atoms with E-state index in [1.54, 1.807) is 4.90 Å². The molecule has 0 aliphatic carbocycles. The van der Waals surface area contributed by atoms with Crippen LogP contribution >= 0.6 is 0 Å². The number of hydrogen-bond donors (Lipinski definition) is 2. The molecule has 1 amide bonds. The van der Waals surface area contributed by atoms with Gasteiger partial charge in [0.2, 0.25) is 5.75 Å². The molecule has 1 saturated heterocycles. The van der Waals surface area contributed by atoms with Crippen molar-refractivity contribution in [3.8, 4) is 5.75 Å². The third kappa shape index (κ3) is 2.58. The molecule has 0 spiro atoms. The Morgan fingerprint density at radius 1 is 1.15 bits per heavy atom. The summed E-state index contributed by atoms with van der Waals surface area (Å²) in [4.78, 5) is 45.4. The zero-order valence-electron chi connectivity index (χ0n) is 14.4. The average Bonchev–Trinajstić information content (AvgIpc) is 2.66. The number of carbonyl (C=O) groups is 1. The van der Waals surface area contributed by atoms with Gasteiger partial charge in [-0.3, -0.25) is 19.6 Å². The van der Waals surface area contributed by atoms with Crippen molar-refractivity contribution < 1.29 is 9.53 Å². The van der Waals surface area contributed by atoms with E-state index in [0.29, 0.717) is 6.54 Å². The van der Waals surface area contributed by atoms with E-state index in [1.165, 1.54) is 7.11 Å². The Kier molecular flexibility index (Phi) is 4.02. The van der Waals surface area contributed by atoms with E-state index >= 15 is 0 Å². The lowest BCUT2D eigenvalue weighted by Gasteiger charge is -2.46. The quantitative estimate of drug-likeness (QED) is 0.839. The fourth-order valence-corrected chi connectivity index (χ4v) is 3.90. The van der Waals surface area contributed by atoms with Gasteiger partial charge in [0.25, 0.3) is 11.5 Å². The number of nitrogens with one attached hydrogen (secondary N) is 2. The molecule has 2 aliphatic rings. The number of methoxy groups -OCH3 is 1. The molecular formula is C18H20N4O4. The molecule has 1 aromatic heterocycles. The highest BCUT2D eigenvalue weighted by molar-refractivity contribution is 6.08. The summed E-state index contributed by atoms with van der Waals surface area (Å²) >= 11 is 0. The van der Waals surface area contributed by atoms with Gasteiger partial charge >= 0.3 is 5.69 Å². The van der Waals surface area contributed by atoms with Gasteiger partial charge in [-0.1, -0.05) is 12.1 Å². The number of benzene rings is 1. The van der Waals surface area contributed by atoms with Crippen LogP contribution < -0.4 is 25.8 Å². The fraction of sp³-hybridized carbons (Fsp3) is 0.389. The van der Waals surface area contributed by atoms with E-state index in [4.69, 9.17) is 4.74 Å². The maximum Gasteiger partial charge on any atom is 0.326 e. The molecule has 3 heterocycles. The smallest absolute Gasteiger partial charge is 0.326 e. The van der Waals surface area contributed by atoms with Gasteiger partial charge in [0.15, 0.2) is 5.69 Å². The van der Waals surface area contributed by atoms with E-state index in [2.05, 4.69) is 14.9 Å². The van der Waals surface area contributed by atoms with Crippen LogP contribution in [0.25, 0.3) is 0 Å². The summed E-state index contributed by atoms with van der Waals surface area (Å²) in [6, 6.07) is 7.94. The van der Waals surface area contributed by atoms with Crippen LogP contribution in [-0.4, -0.2) is 42.1 Å². The molecule has 0 bridgehead atoms. The van der Waals surface area contributed by atoms with Crippen molar-refractivity contribution in [1.82, 2.24) is 9.97 Å². The van der Waals surface area contributed by atoms with Crippen LogP contribution in [0.5, 0.6) is 5.75 Å². The molecule has 1 atom stereocenters. The molecule has 2 N–H and O–H groups in total. The first kappa shape index (κ1) is 16.4. The van der Waals surface area contributed by atoms with Gasteiger partial charge in [-0.25, -0.2) is 4.79 Å². The average molecular weight is 356 g/mol. The number of aromatic nitrogens is 2. The molecule has 0 saturated carbocycles. The Morgan fingerprint density at radius 2 is 1.92 bits per heavy atom. The number of amides is 1. The minimum atomic E-state index is -0.733. The van der Waals surface area contributed by atoms with Crippen molar-refractivity contribution in [2.45, 2.75) is 25.3 Å². The molecule has 4 rings (SSSR count). The summed E-state index contributed by atoms with van der Waals surface area (Å²) < 4.78 is 5.07. The number of anilines is 2. The van der Waals surface area contributed by atoms with E-state index in [-0.39, 0.29) is 17.5 Å². The molecule has 2 aliphatic heterocycles. The second-order valence-corrected chi connectivity index (χ2v) is 6.56. The number of para-hydroxylation sites is 2. The molecule has 1 unspecified atom stereocenters. The van der Waals surface area contributed by atoms with Crippen LogP contribution in [0.4, 0.5) is 11.4 Å². The van der Waals surface area contributed by atoms with Crippen molar-refractivity contribution >= 4 is 17.3 Å². The molecule has 8 nitrogen and oxygen atoms in total. The molecule has 0 radical (unpaired) electrons. The van der Waals surface area contributed by atoms with Gasteiger partial charge in [-0.15, -0.1) is 0 Å². The standard InChI is InChI=1S/C18H20N4O4/c1-26-15-14(19-18(25)20-16(15)23)17(24)22-10-11-6-4-5-9-21(11)12-7-2-3-8-13(12)22/h2-3,7-8,11H,4-6,9-10H2,1H3,(H2,19,20,23,25). The highest BCUT2D eigenvalue weighted by Gasteiger charge is 2.36. The van der Waals surface area contributed by atoms with Gasteiger partial charge in [-0.2, -0.15) is 0 Å². The minimum absolute atomic E-state index is 0.125. The molecule has 8 heteroatoms. The summed E-state index contributed by atoms with van der Waals surface area (Å²) in [7, 11) is 1.30. The third-order valence-corrected chi connectivity index (χ3v) is 5.06. The van der Waals surface area contributed by atoms with Crippen LogP contribution in [0.1, 0.15) is 29.8 Å². The number of aromatic amines is 2. The van der Waals surface area contributed by atoms with Crippen molar-refractivity contribution in [2.75, 3.05) is 30.0 Å². The number of hydrogen-bond acceptors (Lipinski definition) is 5. The zero-order valence-corrected chi connectivity index (χ0v) is 14.4. The number of piperidine rings is 1. The molecule has 2 aromatic rings. The predicted octanol–water partition coefficient (Wildman–Crippen LogP) is 1.09. The summed E-state index contributed by atoms with van der Waals surface area (Å²) in [6.07, 6.45) is 3.26. The van der Waals surface area contributed by atoms with Crippen molar-refractivity contribution in [3.05, 3.63) is 50.8 Å². The van der Waals surface area contributed by atoms with E-state index in [9.17, 15) is 14.4 Å². The van der Waals surface area contributed by atoms with Gasteiger partial charge < -0.3 is 14.5 Å². The monoisotopic (exact) mass is 356 g/mol. The van der Waals surface area contributed by atoms with Crippen LogP contribution in [0, 0.1) is 0 Å². The van der Waals surface area contributed by atoms with E-state index < -0.39 is 17.2 Å². The second-order valence-electron chi connectivity index (χ2n) is 6.56. The molecule has 136 valence electrons. The molecular weight excluding hydrogens is 336 g/mol. The largest absolute Gasteiger partial charge is 0.489 e. The van der Waals surface area contributed by atoms with Crippen molar-refractivity contribution in [3.63, 3.8) is 0 Å². The topological polar surface area (TPSA) is 98.5 Å². The van der Waals surface area contributed by atoms with Crippen molar-refractivity contribution in [2.24, 2.45) is 0 Å². The van der Waals surface area contributed by atoms with Gasteiger partial charge in [0.1, 0.15) is 0 Å². The Labute approximate surface area is 149 Å². The van der Waals surface area contributed by atoms with Gasteiger partial charge in [0.05, 0.1) is 18.5 Å². The first-order valence-electron chi connectivity index (χ1n) is 8.68. The Balaban J connectivity index is 1.82. The summed E-state index contributed by atoms with van der Waals surface area (Å²) in [5.41, 5.74) is 0.204. The number of rotatable bonds is 2. The number of H-pyrrole nitrogens is 2. The highest BCUT2D eigenvalue weighted by atomic mass is 16.5. The minimum Gasteiger partial charge on any atom is -0.489 e. The zero-order chi connectivity index (χ0) is 18.3. The number of fused-ring (bicyclic) bond motifs is 3. The molecule has 1 fully saturated rings. The Hall–Kier alpha value is -3.03. The van der Waals surface area contributed by atoms with E-state index in [1.807, 2.05) is 24.3 Å². The summed E-state index contributed by atoms with van der Waals surface area (Å²) in [5.74, 6) is -0.624. The molecule has 1 aromatic carbocycles. The summed E-state index contributed by atoms with van der Waals surface area (Å²) in [5, 5.41) is 0. The first-order chi connectivity index (χ1) is 12.6. The second kappa shape index (κ2) is 6.36. The lowest BCUT2D eigenvalue weighted by atomic mass is 9.96. The van der Waals surface area contributed by atoms with Crippen LogP contribution in [0.3, 0.4) is 0 Å². The van der Waals surface area contributed by atoms with Crippen molar-refractivity contribution in [1.29, 1.82) is 0 Å². The number of carbonyl (C=O) groups excluding carboxylic acids is 1. The third-order valence-electron chi connectivity index (χ3n) is 5.06. The van der Waals surface area contributed by atoms with Crippen LogP contribution in [0.2, 0.25) is 0 Å². The maximum absolute atomic E-state index is 13.2. The molecule has 26 heavy (non-hydrogen) atoms. The van der Waals surface area contributed by atoms with Gasteiger partial charge in [-0.05, 0) is 31.4 Å².